The van der Waals surface area contributed by atoms with E-state index in [9.17, 15) is 19.2 Å². The molecule has 3 amide bonds. The number of hydrogen-bond donors (Lipinski definition) is 3. The smallest absolute Gasteiger partial charge is 0.436 e. The lowest BCUT2D eigenvalue weighted by molar-refractivity contribution is -0.115. The number of anilines is 2. The van der Waals surface area contributed by atoms with E-state index in [1.165, 1.54) is 18.9 Å². The van der Waals surface area contributed by atoms with Gasteiger partial charge in [-0.15, -0.1) is 4.99 Å². The summed E-state index contributed by atoms with van der Waals surface area (Å²) in [7, 11) is 3.61. The Kier molecular flexibility index (Phi) is 9.90. The Hall–Kier alpha value is -4.06. The van der Waals surface area contributed by atoms with Gasteiger partial charge in [0, 0.05) is 16.2 Å². The lowest BCUT2D eigenvalue weighted by Gasteiger charge is -2.16. The number of methoxy groups -OCH3 is 3. The highest BCUT2D eigenvalue weighted by molar-refractivity contribution is 7.99. The van der Waals surface area contributed by atoms with Gasteiger partial charge in [0.05, 0.1) is 38.3 Å². The van der Waals surface area contributed by atoms with E-state index in [2.05, 4.69) is 30.4 Å². The van der Waals surface area contributed by atoms with Crippen molar-refractivity contribution in [1.29, 1.82) is 0 Å². The highest BCUT2D eigenvalue weighted by Gasteiger charge is 2.14. The van der Waals surface area contributed by atoms with Crippen molar-refractivity contribution < 1.29 is 33.4 Å². The molecule has 0 radical (unpaired) electrons. The second-order valence-electron chi connectivity index (χ2n) is 6.40. The van der Waals surface area contributed by atoms with E-state index in [-0.39, 0.29) is 18.3 Å². The third kappa shape index (κ3) is 7.81. The standard InChI is InChI=1S/C22H24N4O7S/c1-5-18(27)23-17-12-15(34-14-8-6-13(7-9-14)19(28)31-2)10-11-16(17)24-20(25-21(29)32-3)26-22(30)33-4/h6-12H,5H2,1-4H3,(H,23,27)(H2,24,25,26,29,30). The van der Waals surface area contributed by atoms with Crippen molar-refractivity contribution in [2.24, 2.45) is 4.99 Å². The maximum atomic E-state index is 12.1. The van der Waals surface area contributed by atoms with Crippen molar-refractivity contribution in [3.8, 4) is 0 Å². The molecule has 34 heavy (non-hydrogen) atoms. The Bertz CT molecular complexity index is 1090. The van der Waals surface area contributed by atoms with Crippen molar-refractivity contribution in [2.75, 3.05) is 32.0 Å². The molecular weight excluding hydrogens is 464 g/mol. The summed E-state index contributed by atoms with van der Waals surface area (Å²) in [6.07, 6.45) is -1.59. The number of esters is 1. The van der Waals surface area contributed by atoms with Crippen LogP contribution in [0.15, 0.2) is 57.2 Å². The third-order valence-electron chi connectivity index (χ3n) is 4.13. The van der Waals surface area contributed by atoms with Crippen LogP contribution < -0.4 is 16.0 Å². The summed E-state index contributed by atoms with van der Waals surface area (Å²) in [5.41, 5.74) is 1.16. The van der Waals surface area contributed by atoms with Gasteiger partial charge in [-0.3, -0.25) is 10.1 Å². The van der Waals surface area contributed by atoms with Gasteiger partial charge >= 0.3 is 18.2 Å². The monoisotopic (exact) mass is 488 g/mol. The van der Waals surface area contributed by atoms with Crippen LogP contribution in [0.3, 0.4) is 0 Å². The number of guanidine groups is 1. The zero-order valence-electron chi connectivity index (χ0n) is 19.0. The maximum Gasteiger partial charge on any atom is 0.436 e. The van der Waals surface area contributed by atoms with Crippen molar-refractivity contribution in [2.45, 2.75) is 23.1 Å². The molecule has 0 aliphatic heterocycles. The molecule has 180 valence electrons. The van der Waals surface area contributed by atoms with Crippen LogP contribution in [0.5, 0.6) is 0 Å². The fourth-order valence-electron chi connectivity index (χ4n) is 2.45. The fourth-order valence-corrected chi connectivity index (χ4v) is 3.31. The highest BCUT2D eigenvalue weighted by atomic mass is 32.2. The molecule has 0 heterocycles. The molecule has 0 saturated heterocycles. The first-order valence-electron chi connectivity index (χ1n) is 9.88. The van der Waals surface area contributed by atoms with E-state index < -0.39 is 18.2 Å². The number of hydrogen-bond acceptors (Lipinski definition) is 8. The fraction of sp³-hybridized carbons (Fsp3) is 0.227. The van der Waals surface area contributed by atoms with Crippen LogP contribution in [0, 0.1) is 0 Å². The average Bonchev–Trinajstić information content (AvgIpc) is 2.85. The molecule has 3 N–H and O–H groups in total. The number of rotatable bonds is 6. The third-order valence-corrected chi connectivity index (χ3v) is 5.13. The molecule has 0 aliphatic carbocycles. The first-order valence-corrected chi connectivity index (χ1v) is 10.7. The number of benzene rings is 2. The van der Waals surface area contributed by atoms with Gasteiger partial charge in [0.15, 0.2) is 0 Å². The van der Waals surface area contributed by atoms with Gasteiger partial charge in [-0.1, -0.05) is 18.7 Å². The Morgan fingerprint density at radius 3 is 2.12 bits per heavy atom. The summed E-state index contributed by atoms with van der Waals surface area (Å²) in [4.78, 5) is 52.1. The number of nitrogens with zero attached hydrogens (tertiary/aromatic N) is 1. The summed E-state index contributed by atoms with van der Waals surface area (Å²) in [6.45, 7) is 1.70. The van der Waals surface area contributed by atoms with Gasteiger partial charge in [0.1, 0.15) is 0 Å². The minimum atomic E-state index is -0.958. The SMILES string of the molecule is CCC(=O)Nc1cc(Sc2ccc(C(=O)OC)cc2)ccc1NC(=NC(=O)OC)NC(=O)OC. The first-order chi connectivity index (χ1) is 16.3. The van der Waals surface area contributed by atoms with Crippen LogP contribution in [0.1, 0.15) is 23.7 Å². The Labute approximate surface area is 200 Å². The van der Waals surface area contributed by atoms with Gasteiger partial charge in [0.2, 0.25) is 11.9 Å². The van der Waals surface area contributed by atoms with Crippen LogP contribution in [0.2, 0.25) is 0 Å². The van der Waals surface area contributed by atoms with Crippen LogP contribution in [-0.4, -0.2) is 51.4 Å². The molecule has 0 spiro atoms. The van der Waals surface area contributed by atoms with Crippen LogP contribution in [0.4, 0.5) is 21.0 Å². The van der Waals surface area contributed by atoms with Crippen molar-refractivity contribution >= 4 is 53.2 Å². The predicted molar refractivity (Wildman–Crippen MR) is 126 cm³/mol. The van der Waals surface area contributed by atoms with Crippen LogP contribution >= 0.6 is 11.8 Å². The van der Waals surface area contributed by atoms with Gasteiger partial charge in [-0.05, 0) is 42.5 Å². The molecule has 11 nitrogen and oxygen atoms in total. The second-order valence-corrected chi connectivity index (χ2v) is 7.55. The topological polar surface area (TPSA) is 144 Å². The molecule has 2 rings (SSSR count). The summed E-state index contributed by atoms with van der Waals surface area (Å²) in [5.74, 6) is -0.939. The highest BCUT2D eigenvalue weighted by Crippen LogP contribution is 2.33. The zero-order chi connectivity index (χ0) is 25.1. The van der Waals surface area contributed by atoms with Gasteiger partial charge in [-0.25, -0.2) is 14.4 Å². The van der Waals surface area contributed by atoms with E-state index in [0.29, 0.717) is 16.9 Å². The minimum absolute atomic E-state index is 0.231. The first kappa shape index (κ1) is 26.2. The molecule has 2 aromatic carbocycles. The number of aliphatic imine (C=N–C) groups is 1. The number of carbonyl (C=O) groups excluding carboxylic acids is 4. The molecule has 0 fully saturated rings. The number of carbonyl (C=O) groups is 4. The van der Waals surface area contributed by atoms with E-state index in [1.807, 2.05) is 0 Å². The van der Waals surface area contributed by atoms with E-state index in [0.717, 1.165) is 24.0 Å². The molecule has 0 atom stereocenters. The maximum absolute atomic E-state index is 12.1. The molecule has 12 heteroatoms. The molecule has 0 aromatic heterocycles. The average molecular weight is 489 g/mol. The minimum Gasteiger partial charge on any atom is -0.465 e. The number of alkyl carbamates (subject to hydrolysis) is 1. The summed E-state index contributed by atoms with van der Waals surface area (Å²) >= 11 is 1.40. The molecular formula is C22H24N4O7S. The van der Waals surface area contributed by atoms with Gasteiger partial charge < -0.3 is 24.8 Å². The normalized spacial score (nSPS) is 10.6. The van der Waals surface area contributed by atoms with Gasteiger partial charge in [-0.2, -0.15) is 0 Å². The van der Waals surface area contributed by atoms with E-state index in [1.54, 1.807) is 49.4 Å². The molecule has 0 saturated carbocycles. The molecule has 2 aromatic rings. The van der Waals surface area contributed by atoms with Gasteiger partial charge in [0.25, 0.3) is 0 Å². The largest absolute Gasteiger partial charge is 0.465 e. The second kappa shape index (κ2) is 12.8. The van der Waals surface area contributed by atoms with Crippen molar-refractivity contribution in [3.63, 3.8) is 0 Å². The lowest BCUT2D eigenvalue weighted by Crippen LogP contribution is -2.36. The van der Waals surface area contributed by atoms with Crippen LogP contribution in [-0.2, 0) is 19.0 Å². The summed E-state index contributed by atoms with van der Waals surface area (Å²) < 4.78 is 13.7. The number of nitrogens with one attached hydrogen (secondary N) is 3. The summed E-state index contributed by atoms with van der Waals surface area (Å²) in [5, 5.41) is 7.82. The van der Waals surface area contributed by atoms with Crippen LogP contribution in [0.25, 0.3) is 0 Å². The van der Waals surface area contributed by atoms with Crippen molar-refractivity contribution in [1.82, 2.24) is 5.32 Å². The Balaban J connectivity index is 2.34. The Morgan fingerprint density at radius 2 is 1.53 bits per heavy atom. The molecule has 0 aliphatic rings. The predicted octanol–water partition coefficient (Wildman–Crippen LogP) is 3.86. The van der Waals surface area contributed by atoms with E-state index in [4.69, 9.17) is 4.74 Å². The zero-order valence-corrected chi connectivity index (χ0v) is 19.8. The summed E-state index contributed by atoms with van der Waals surface area (Å²) in [6, 6.07) is 12.0. The number of amides is 3. The Morgan fingerprint density at radius 1 is 0.853 bits per heavy atom. The molecule has 0 bridgehead atoms. The number of ether oxygens (including phenoxy) is 3. The molecule has 0 unspecified atom stereocenters. The quantitative estimate of drug-likeness (QED) is 0.239. The lowest BCUT2D eigenvalue weighted by atomic mass is 10.2. The van der Waals surface area contributed by atoms with Crippen molar-refractivity contribution in [3.05, 3.63) is 48.0 Å². The van der Waals surface area contributed by atoms with E-state index >= 15 is 0 Å².